The molecule has 2 N–H and O–H groups in total. The zero-order valence-electron chi connectivity index (χ0n) is 17.9. The minimum Gasteiger partial charge on any atom is -0.365 e. The molecule has 0 atom stereocenters. The summed E-state index contributed by atoms with van der Waals surface area (Å²) in [7, 11) is 0. The zero-order valence-corrected chi connectivity index (χ0v) is 18.7. The van der Waals surface area contributed by atoms with Crippen molar-refractivity contribution in [3.63, 3.8) is 0 Å². The summed E-state index contributed by atoms with van der Waals surface area (Å²) in [4.78, 5) is 19.6. The molecule has 2 aromatic rings. The molecule has 7 heteroatoms. The predicted molar refractivity (Wildman–Crippen MR) is 124 cm³/mol. The Morgan fingerprint density at radius 1 is 1.27 bits per heavy atom. The first-order chi connectivity index (χ1) is 14.6. The van der Waals surface area contributed by atoms with Gasteiger partial charge in [0.25, 0.3) is 5.91 Å². The van der Waals surface area contributed by atoms with E-state index in [-0.39, 0.29) is 5.91 Å². The number of rotatable bonds is 8. The third-order valence-electron chi connectivity index (χ3n) is 5.95. The molecule has 1 saturated heterocycles. The number of hydrogen-bond donors (Lipinski definition) is 2. The highest BCUT2D eigenvalue weighted by Crippen LogP contribution is 2.21. The van der Waals surface area contributed by atoms with Gasteiger partial charge in [-0.2, -0.15) is 0 Å². The molecule has 0 aliphatic carbocycles. The van der Waals surface area contributed by atoms with E-state index < -0.39 is 0 Å². The van der Waals surface area contributed by atoms with Gasteiger partial charge in [-0.15, -0.1) is 0 Å². The molecule has 0 spiro atoms. The van der Waals surface area contributed by atoms with Gasteiger partial charge in [-0.25, -0.2) is 9.29 Å². The highest BCUT2D eigenvalue weighted by Gasteiger charge is 2.26. The standard InChI is InChI=1S/C23H31N5OS/c1-17-13-25-22(26-20-15-28(16-20)30-2)12-21(17)23(29)24-9-5-10-27-11-8-18-6-3-4-7-19(18)14-27/h3-4,6-7,12-13,20H,5,8-11,14-16H2,1-2H3,(H,24,29)(H,25,26). The topological polar surface area (TPSA) is 60.5 Å². The van der Waals surface area contributed by atoms with Crippen LogP contribution in [0.15, 0.2) is 36.5 Å². The second kappa shape index (κ2) is 9.81. The number of benzene rings is 1. The van der Waals surface area contributed by atoms with Crippen LogP contribution in [0.4, 0.5) is 5.82 Å². The Morgan fingerprint density at radius 3 is 2.87 bits per heavy atom. The van der Waals surface area contributed by atoms with E-state index in [4.69, 9.17) is 0 Å². The molecule has 1 fully saturated rings. The Labute approximate surface area is 183 Å². The second-order valence-electron chi connectivity index (χ2n) is 8.16. The van der Waals surface area contributed by atoms with Crippen LogP contribution < -0.4 is 10.6 Å². The Hall–Kier alpha value is -2.09. The Balaban J connectivity index is 1.23. The largest absolute Gasteiger partial charge is 0.365 e. The molecule has 0 bridgehead atoms. The summed E-state index contributed by atoms with van der Waals surface area (Å²) in [6, 6.07) is 11.0. The van der Waals surface area contributed by atoms with Crippen molar-refractivity contribution in [3.8, 4) is 0 Å². The molecule has 2 aliphatic rings. The summed E-state index contributed by atoms with van der Waals surface area (Å²) in [6.07, 6.45) is 5.94. The maximum atomic E-state index is 12.7. The highest BCUT2D eigenvalue weighted by atomic mass is 32.2. The van der Waals surface area contributed by atoms with Crippen LogP contribution in [0.25, 0.3) is 0 Å². The normalized spacial score (nSPS) is 17.3. The van der Waals surface area contributed by atoms with Gasteiger partial charge in [0, 0.05) is 51.0 Å². The summed E-state index contributed by atoms with van der Waals surface area (Å²) < 4.78 is 2.29. The third kappa shape index (κ3) is 5.14. The van der Waals surface area contributed by atoms with Crippen molar-refractivity contribution in [2.75, 3.05) is 44.3 Å². The molecule has 1 amide bonds. The lowest BCUT2D eigenvalue weighted by Gasteiger charge is -2.37. The summed E-state index contributed by atoms with van der Waals surface area (Å²) >= 11 is 1.76. The molecular weight excluding hydrogens is 394 g/mol. The summed E-state index contributed by atoms with van der Waals surface area (Å²) in [5, 5.41) is 6.52. The fourth-order valence-electron chi connectivity index (χ4n) is 4.08. The highest BCUT2D eigenvalue weighted by molar-refractivity contribution is 7.96. The average Bonchev–Trinajstić information content (AvgIpc) is 2.74. The van der Waals surface area contributed by atoms with Gasteiger partial charge in [0.05, 0.1) is 6.04 Å². The number of amides is 1. The van der Waals surface area contributed by atoms with Gasteiger partial charge in [-0.3, -0.25) is 9.69 Å². The van der Waals surface area contributed by atoms with E-state index in [1.54, 1.807) is 18.1 Å². The first-order valence-corrected chi connectivity index (χ1v) is 11.9. The first kappa shape index (κ1) is 21.2. The molecule has 30 heavy (non-hydrogen) atoms. The molecule has 1 aromatic carbocycles. The lowest BCUT2D eigenvalue weighted by Crippen LogP contribution is -2.51. The van der Waals surface area contributed by atoms with Crippen molar-refractivity contribution < 1.29 is 4.79 Å². The number of nitrogens with one attached hydrogen (secondary N) is 2. The molecule has 6 nitrogen and oxygen atoms in total. The summed E-state index contributed by atoms with van der Waals surface area (Å²) in [5.74, 6) is 0.768. The van der Waals surface area contributed by atoms with Crippen LogP contribution in [0.1, 0.15) is 33.5 Å². The Bertz CT molecular complexity index is 884. The molecule has 0 unspecified atom stereocenters. The van der Waals surface area contributed by atoms with Crippen LogP contribution in [-0.4, -0.2) is 65.1 Å². The fraction of sp³-hybridized carbons (Fsp3) is 0.478. The SMILES string of the molecule is CSN1CC(Nc2cc(C(=O)NCCCN3CCc4ccccc4C3)c(C)cn2)C1. The number of hydrogen-bond acceptors (Lipinski definition) is 6. The van der Waals surface area contributed by atoms with E-state index in [9.17, 15) is 4.79 Å². The van der Waals surface area contributed by atoms with E-state index in [1.807, 2.05) is 13.0 Å². The molecule has 3 heterocycles. The minimum atomic E-state index is -0.0127. The van der Waals surface area contributed by atoms with Gasteiger partial charge in [0.15, 0.2) is 0 Å². The second-order valence-corrected chi connectivity index (χ2v) is 9.04. The molecule has 0 radical (unpaired) electrons. The van der Waals surface area contributed by atoms with Crippen molar-refractivity contribution in [1.29, 1.82) is 0 Å². The van der Waals surface area contributed by atoms with Gasteiger partial charge < -0.3 is 10.6 Å². The maximum absolute atomic E-state index is 12.7. The van der Waals surface area contributed by atoms with Crippen LogP contribution in [0, 0.1) is 6.92 Å². The number of nitrogens with zero attached hydrogens (tertiary/aromatic N) is 3. The molecular formula is C23H31N5OS. The van der Waals surface area contributed by atoms with Crippen molar-refractivity contribution >= 4 is 23.7 Å². The van der Waals surface area contributed by atoms with Crippen molar-refractivity contribution in [1.82, 2.24) is 19.5 Å². The zero-order chi connectivity index (χ0) is 20.9. The quantitative estimate of drug-likeness (QED) is 0.501. The third-order valence-corrected chi connectivity index (χ3v) is 6.77. The van der Waals surface area contributed by atoms with Crippen LogP contribution in [0.2, 0.25) is 0 Å². The summed E-state index contributed by atoms with van der Waals surface area (Å²) in [6.45, 7) is 7.74. The Kier molecular flexibility index (Phi) is 6.92. The van der Waals surface area contributed by atoms with E-state index in [2.05, 4.69) is 55.3 Å². The number of aromatic nitrogens is 1. The van der Waals surface area contributed by atoms with E-state index in [0.29, 0.717) is 18.2 Å². The number of pyridine rings is 1. The van der Waals surface area contributed by atoms with Gasteiger partial charge in [-0.1, -0.05) is 36.2 Å². The monoisotopic (exact) mass is 425 g/mol. The fourth-order valence-corrected chi connectivity index (χ4v) is 4.74. The van der Waals surface area contributed by atoms with Crippen molar-refractivity contribution in [3.05, 3.63) is 58.8 Å². The number of fused-ring (bicyclic) bond motifs is 1. The van der Waals surface area contributed by atoms with Gasteiger partial charge in [0.2, 0.25) is 0 Å². The molecule has 0 saturated carbocycles. The van der Waals surface area contributed by atoms with E-state index in [1.165, 1.54) is 11.1 Å². The van der Waals surface area contributed by atoms with Gasteiger partial charge in [0.1, 0.15) is 5.82 Å². The molecule has 4 rings (SSSR count). The van der Waals surface area contributed by atoms with Crippen molar-refractivity contribution in [2.24, 2.45) is 0 Å². The van der Waals surface area contributed by atoms with Gasteiger partial charge >= 0.3 is 0 Å². The lowest BCUT2D eigenvalue weighted by molar-refractivity contribution is 0.0950. The maximum Gasteiger partial charge on any atom is 0.251 e. The number of aryl methyl sites for hydroxylation is 1. The first-order valence-electron chi connectivity index (χ1n) is 10.7. The predicted octanol–water partition coefficient (Wildman–Crippen LogP) is 2.94. The summed E-state index contributed by atoms with van der Waals surface area (Å²) in [5.41, 5.74) is 4.53. The Morgan fingerprint density at radius 2 is 2.07 bits per heavy atom. The van der Waals surface area contributed by atoms with Crippen LogP contribution in [0.5, 0.6) is 0 Å². The number of carbonyl (C=O) groups is 1. The number of carbonyl (C=O) groups excluding carboxylic acids is 1. The molecule has 160 valence electrons. The smallest absolute Gasteiger partial charge is 0.251 e. The van der Waals surface area contributed by atoms with E-state index in [0.717, 1.165) is 56.9 Å². The average molecular weight is 426 g/mol. The van der Waals surface area contributed by atoms with E-state index >= 15 is 0 Å². The van der Waals surface area contributed by atoms with Gasteiger partial charge in [-0.05, 0) is 48.8 Å². The van der Waals surface area contributed by atoms with Crippen molar-refractivity contribution in [2.45, 2.75) is 32.4 Å². The van der Waals surface area contributed by atoms with Crippen LogP contribution >= 0.6 is 11.9 Å². The van der Waals surface area contributed by atoms with Crippen LogP contribution in [0.3, 0.4) is 0 Å². The lowest BCUT2D eigenvalue weighted by atomic mass is 10.00. The minimum absolute atomic E-state index is 0.0127. The number of anilines is 1. The van der Waals surface area contributed by atoms with Crippen LogP contribution in [-0.2, 0) is 13.0 Å². The molecule has 2 aliphatic heterocycles. The molecule has 1 aromatic heterocycles.